The van der Waals surface area contributed by atoms with Crippen LogP contribution in [0, 0.1) is 13.8 Å². The number of aryl methyl sites for hydroxylation is 2. The first-order valence-electron chi connectivity index (χ1n) is 8.67. The lowest BCUT2D eigenvalue weighted by Crippen LogP contribution is -2.25. The molecule has 3 aromatic heterocycles. The number of methoxy groups -OCH3 is 1. The number of thiophene rings is 1. The number of rotatable bonds is 6. The van der Waals surface area contributed by atoms with Gasteiger partial charge in [0.25, 0.3) is 5.56 Å². The van der Waals surface area contributed by atoms with Crippen LogP contribution >= 0.6 is 23.1 Å². The molecule has 7 nitrogen and oxygen atoms in total. The summed E-state index contributed by atoms with van der Waals surface area (Å²) in [7, 11) is 1.62. The van der Waals surface area contributed by atoms with Gasteiger partial charge in [0.1, 0.15) is 4.83 Å². The number of thioether (sulfide) groups is 1. The zero-order chi connectivity index (χ0) is 19.8. The Hall–Kier alpha value is -1.71. The highest BCUT2D eigenvalue weighted by molar-refractivity contribution is 7.98. The summed E-state index contributed by atoms with van der Waals surface area (Å²) in [6, 6.07) is 0. The van der Waals surface area contributed by atoms with Crippen LogP contribution in [0.25, 0.3) is 10.2 Å². The maximum atomic E-state index is 13.0. The van der Waals surface area contributed by atoms with Crippen LogP contribution in [0.3, 0.4) is 0 Å². The van der Waals surface area contributed by atoms with Crippen LogP contribution in [-0.4, -0.2) is 33.4 Å². The number of aromatic nitrogens is 4. The summed E-state index contributed by atoms with van der Waals surface area (Å²) in [6.07, 6.45) is 0. The van der Waals surface area contributed by atoms with Gasteiger partial charge in [-0.05, 0) is 19.4 Å². The fourth-order valence-corrected chi connectivity index (χ4v) is 4.48. The molecule has 3 rings (SSSR count). The highest BCUT2D eigenvalue weighted by Crippen LogP contribution is 2.29. The molecular weight excluding hydrogens is 384 g/mol. The second kappa shape index (κ2) is 7.73. The smallest absolute Gasteiger partial charge is 0.263 e. The quantitative estimate of drug-likeness (QED) is 0.454. The molecule has 0 aliphatic rings. The number of fused-ring (bicyclic) bond motifs is 1. The molecule has 0 saturated heterocycles. The molecular formula is C18H24N4O3S2. The van der Waals surface area contributed by atoms with Crippen LogP contribution in [-0.2, 0) is 22.4 Å². The average Bonchev–Trinajstić information content (AvgIpc) is 3.18. The van der Waals surface area contributed by atoms with Crippen molar-refractivity contribution in [2.24, 2.45) is 0 Å². The highest BCUT2D eigenvalue weighted by Gasteiger charge is 2.22. The first-order valence-corrected chi connectivity index (χ1v) is 10.5. The summed E-state index contributed by atoms with van der Waals surface area (Å²) < 4.78 is 12.2. The van der Waals surface area contributed by atoms with E-state index in [2.05, 4.69) is 10.1 Å². The van der Waals surface area contributed by atoms with Crippen molar-refractivity contribution in [3.05, 3.63) is 32.5 Å². The summed E-state index contributed by atoms with van der Waals surface area (Å²) in [4.78, 5) is 24.1. The van der Waals surface area contributed by atoms with Crippen LogP contribution in [0.15, 0.2) is 14.5 Å². The van der Waals surface area contributed by atoms with E-state index >= 15 is 0 Å². The van der Waals surface area contributed by atoms with Gasteiger partial charge in [-0.2, -0.15) is 4.98 Å². The number of hydrogen-bond acceptors (Lipinski definition) is 8. The molecule has 0 unspecified atom stereocenters. The summed E-state index contributed by atoms with van der Waals surface area (Å²) in [5.41, 5.74) is 0.806. The fourth-order valence-electron chi connectivity index (χ4n) is 2.54. The third-order valence-corrected chi connectivity index (χ3v) is 6.30. The van der Waals surface area contributed by atoms with E-state index in [0.29, 0.717) is 41.2 Å². The van der Waals surface area contributed by atoms with Crippen LogP contribution in [0.5, 0.6) is 0 Å². The van der Waals surface area contributed by atoms with Crippen molar-refractivity contribution in [2.45, 2.75) is 57.5 Å². The maximum absolute atomic E-state index is 13.0. The molecule has 9 heteroatoms. The Morgan fingerprint density at radius 1 is 1.26 bits per heavy atom. The van der Waals surface area contributed by atoms with E-state index in [1.807, 2.05) is 34.6 Å². The van der Waals surface area contributed by atoms with Gasteiger partial charge in [0.05, 0.1) is 24.3 Å². The minimum Gasteiger partial charge on any atom is -0.383 e. The van der Waals surface area contributed by atoms with E-state index in [0.717, 1.165) is 15.3 Å². The molecule has 0 radical (unpaired) electrons. The number of ether oxygens (including phenoxy) is 1. The summed E-state index contributed by atoms with van der Waals surface area (Å²) >= 11 is 2.97. The topological polar surface area (TPSA) is 83.0 Å². The number of nitrogens with zero attached hydrogens (tertiary/aromatic N) is 4. The first kappa shape index (κ1) is 20.0. The molecule has 0 fully saturated rings. The Labute approximate surface area is 166 Å². The van der Waals surface area contributed by atoms with Gasteiger partial charge in [0, 0.05) is 17.4 Å². The minimum absolute atomic E-state index is 0.0256. The summed E-state index contributed by atoms with van der Waals surface area (Å²) in [6.45, 7) is 11.0. The van der Waals surface area contributed by atoms with E-state index < -0.39 is 0 Å². The molecule has 3 aromatic rings. The van der Waals surface area contributed by atoms with Crippen molar-refractivity contribution in [2.75, 3.05) is 13.7 Å². The van der Waals surface area contributed by atoms with E-state index in [1.165, 1.54) is 11.8 Å². The zero-order valence-electron chi connectivity index (χ0n) is 16.5. The van der Waals surface area contributed by atoms with Crippen molar-refractivity contribution < 1.29 is 9.26 Å². The zero-order valence-corrected chi connectivity index (χ0v) is 18.1. The average molecular weight is 409 g/mol. The molecule has 0 N–H and O–H groups in total. The molecule has 0 aliphatic carbocycles. The van der Waals surface area contributed by atoms with Gasteiger partial charge in [-0.1, -0.05) is 37.7 Å². The van der Waals surface area contributed by atoms with E-state index in [1.54, 1.807) is 23.0 Å². The largest absolute Gasteiger partial charge is 0.383 e. The fraction of sp³-hybridized carbons (Fsp3) is 0.556. The van der Waals surface area contributed by atoms with Gasteiger partial charge in [-0.15, -0.1) is 11.3 Å². The van der Waals surface area contributed by atoms with Crippen LogP contribution in [0.4, 0.5) is 0 Å². The third kappa shape index (κ3) is 4.09. The van der Waals surface area contributed by atoms with E-state index in [-0.39, 0.29) is 11.0 Å². The van der Waals surface area contributed by atoms with Gasteiger partial charge in [-0.3, -0.25) is 9.36 Å². The van der Waals surface area contributed by atoms with Gasteiger partial charge < -0.3 is 9.26 Å². The normalized spacial score (nSPS) is 12.2. The third-order valence-electron chi connectivity index (χ3n) is 4.24. The van der Waals surface area contributed by atoms with Crippen LogP contribution in [0.1, 0.15) is 42.9 Å². The minimum atomic E-state index is -0.170. The predicted molar refractivity (Wildman–Crippen MR) is 108 cm³/mol. The lowest BCUT2D eigenvalue weighted by atomic mass is 9.96. The van der Waals surface area contributed by atoms with Crippen molar-refractivity contribution in [1.29, 1.82) is 0 Å². The standard InChI is InChI=1S/C18H24N4O3S2/c1-10-11(2)27-14-13(10)15(23)22(7-8-24-6)17(20-14)26-9-12-19-16(21-25-12)18(3,4)5/h7-9H2,1-6H3. The van der Waals surface area contributed by atoms with Gasteiger partial charge in [0.15, 0.2) is 11.0 Å². The second-order valence-electron chi connectivity index (χ2n) is 7.36. The monoisotopic (exact) mass is 408 g/mol. The summed E-state index contributed by atoms with van der Waals surface area (Å²) in [5, 5.41) is 5.39. The molecule has 146 valence electrons. The first-order chi connectivity index (χ1) is 12.7. The Morgan fingerprint density at radius 2 is 2.00 bits per heavy atom. The maximum Gasteiger partial charge on any atom is 0.263 e. The van der Waals surface area contributed by atoms with Gasteiger partial charge in [-0.25, -0.2) is 4.98 Å². The second-order valence-corrected chi connectivity index (χ2v) is 9.50. The summed E-state index contributed by atoms with van der Waals surface area (Å²) in [5.74, 6) is 1.65. The SMILES string of the molecule is COCCn1c(SCc2nc(C(C)(C)C)no2)nc2sc(C)c(C)c2c1=O. The molecule has 27 heavy (non-hydrogen) atoms. The highest BCUT2D eigenvalue weighted by atomic mass is 32.2. The molecule has 0 spiro atoms. The van der Waals surface area contributed by atoms with Crippen LogP contribution in [0.2, 0.25) is 0 Å². The van der Waals surface area contributed by atoms with Crippen molar-refractivity contribution in [3.8, 4) is 0 Å². The molecule has 0 bridgehead atoms. The Kier molecular flexibility index (Phi) is 5.73. The van der Waals surface area contributed by atoms with E-state index in [4.69, 9.17) is 14.2 Å². The number of hydrogen-bond donors (Lipinski definition) is 0. The molecule has 0 amide bonds. The molecule has 0 saturated carbocycles. The predicted octanol–water partition coefficient (Wildman–Crippen LogP) is 3.69. The van der Waals surface area contributed by atoms with Crippen molar-refractivity contribution in [3.63, 3.8) is 0 Å². The lowest BCUT2D eigenvalue weighted by molar-refractivity contribution is 0.183. The molecule has 3 heterocycles. The van der Waals surface area contributed by atoms with Crippen molar-refractivity contribution in [1.82, 2.24) is 19.7 Å². The molecule has 0 atom stereocenters. The lowest BCUT2D eigenvalue weighted by Gasteiger charge is -2.11. The van der Waals surface area contributed by atoms with Crippen molar-refractivity contribution >= 4 is 33.3 Å². The van der Waals surface area contributed by atoms with Gasteiger partial charge in [0.2, 0.25) is 5.89 Å². The van der Waals surface area contributed by atoms with Gasteiger partial charge >= 0.3 is 0 Å². The Bertz CT molecular complexity index is 1010. The Balaban J connectivity index is 1.94. The van der Waals surface area contributed by atoms with Crippen LogP contribution < -0.4 is 5.56 Å². The Morgan fingerprint density at radius 3 is 2.63 bits per heavy atom. The molecule has 0 aliphatic heterocycles. The van der Waals surface area contributed by atoms with E-state index in [9.17, 15) is 4.79 Å². The molecule has 0 aromatic carbocycles.